The van der Waals surface area contributed by atoms with Crippen LogP contribution in [0.4, 0.5) is 0 Å². The number of ether oxygens (including phenoxy) is 1. The number of aliphatic hydroxyl groups is 1. The fourth-order valence-electron chi connectivity index (χ4n) is 2.59. The van der Waals surface area contributed by atoms with Crippen LogP contribution >= 0.6 is 0 Å². The molecule has 1 aliphatic carbocycles. The molecule has 0 fully saturated rings. The first kappa shape index (κ1) is 20.1. The summed E-state index contributed by atoms with van der Waals surface area (Å²) in [6.45, 7) is 11.5. The molecule has 0 heterocycles. The molecule has 3 heteroatoms. The van der Waals surface area contributed by atoms with Crippen molar-refractivity contribution in [3.05, 3.63) is 21.5 Å². The van der Waals surface area contributed by atoms with Crippen LogP contribution in [0.15, 0.2) is 21.5 Å². The second-order valence-electron chi connectivity index (χ2n) is 8.86. The molecule has 0 aromatic rings. The van der Waals surface area contributed by atoms with Crippen molar-refractivity contribution in [3.8, 4) is 0 Å². The number of hydrogen-bond acceptors (Lipinski definition) is 2. The van der Waals surface area contributed by atoms with Crippen molar-refractivity contribution in [3.63, 3.8) is 0 Å². The summed E-state index contributed by atoms with van der Waals surface area (Å²) in [5.41, 5.74) is -0.905. The molecular weight excluding hydrogens is 379 g/mol. The van der Waals surface area contributed by atoms with Gasteiger partial charge in [0.1, 0.15) is 0 Å². The van der Waals surface area contributed by atoms with Crippen molar-refractivity contribution in [2.75, 3.05) is 6.61 Å². The molecule has 2 unspecified atom stereocenters. The maximum absolute atomic E-state index is 11.0. The van der Waals surface area contributed by atoms with E-state index in [4.69, 9.17) is 4.74 Å². The fourth-order valence-corrected chi connectivity index (χ4v) is 4.63. The first-order chi connectivity index (χ1) is 9.87. The minimum atomic E-state index is -1.95. The molecule has 128 valence electrons. The van der Waals surface area contributed by atoms with Crippen LogP contribution in [-0.4, -0.2) is 35.7 Å². The second-order valence-corrected chi connectivity index (χ2v) is 24.0. The van der Waals surface area contributed by atoms with E-state index in [1.165, 1.54) is 0 Å². The topological polar surface area (TPSA) is 29.5 Å². The normalized spacial score (nSPS) is 30.5. The second kappa shape index (κ2) is 7.29. The zero-order chi connectivity index (χ0) is 17.2. The first-order valence-electron chi connectivity index (χ1n) is 8.61. The average molecular weight is 415 g/mol. The van der Waals surface area contributed by atoms with Gasteiger partial charge in [0.15, 0.2) is 0 Å². The molecule has 22 heavy (non-hydrogen) atoms. The van der Waals surface area contributed by atoms with Crippen molar-refractivity contribution >= 4 is 18.4 Å². The molecule has 2 atom stereocenters. The molecule has 0 saturated heterocycles. The van der Waals surface area contributed by atoms with E-state index >= 15 is 0 Å². The van der Waals surface area contributed by atoms with Crippen LogP contribution in [0, 0.1) is 11.3 Å². The van der Waals surface area contributed by atoms with Crippen molar-refractivity contribution < 1.29 is 9.84 Å². The molecule has 0 amide bonds. The summed E-state index contributed by atoms with van der Waals surface area (Å²) >= 11 is -1.95. The van der Waals surface area contributed by atoms with Gasteiger partial charge in [0.25, 0.3) is 0 Å². The first-order valence-corrected chi connectivity index (χ1v) is 18.6. The third-order valence-electron chi connectivity index (χ3n) is 5.23. The standard InChI is InChI=1S/C16H27O2.3CH3.Sn/c1-6-7-9-15(4)10-8-14(11-16(15,5)17)18-12-13(2)3;;;;/h7,11,13,17H,8-10,12H2,1-5H3;3*1H3;. The van der Waals surface area contributed by atoms with E-state index in [9.17, 15) is 5.11 Å². The molecule has 0 spiro atoms. The molecule has 0 aromatic heterocycles. The van der Waals surface area contributed by atoms with E-state index in [-0.39, 0.29) is 5.41 Å². The molecule has 2 nitrogen and oxygen atoms in total. The molecule has 0 saturated carbocycles. The van der Waals surface area contributed by atoms with Crippen molar-refractivity contribution in [1.82, 2.24) is 0 Å². The Kier molecular flexibility index (Phi) is 6.66. The summed E-state index contributed by atoms with van der Waals surface area (Å²) in [5.74, 6) is 1.48. The molecule has 1 rings (SSSR count). The summed E-state index contributed by atoms with van der Waals surface area (Å²) in [7, 11) is 0. The van der Waals surface area contributed by atoms with E-state index < -0.39 is 24.0 Å². The fraction of sp³-hybridized carbons (Fsp3) is 0.789. The van der Waals surface area contributed by atoms with Gasteiger partial charge >= 0.3 is 142 Å². The summed E-state index contributed by atoms with van der Waals surface area (Å²) < 4.78 is 7.44. The molecule has 0 aliphatic heterocycles. The van der Waals surface area contributed by atoms with Crippen molar-refractivity contribution in [1.29, 1.82) is 0 Å². The van der Waals surface area contributed by atoms with E-state index in [2.05, 4.69) is 48.6 Å². The van der Waals surface area contributed by atoms with Crippen molar-refractivity contribution in [2.24, 2.45) is 11.3 Å². The van der Waals surface area contributed by atoms with E-state index in [0.717, 1.165) is 31.6 Å². The Balaban J connectivity index is 2.85. The Morgan fingerprint density at radius 2 is 1.95 bits per heavy atom. The molecule has 0 aromatic carbocycles. The van der Waals surface area contributed by atoms with Gasteiger partial charge in [-0.25, -0.2) is 0 Å². The Bertz CT molecular complexity index is 441. The SMILES string of the molecule is C/[C](=C/CC1(C)CCC(OCC(C)C)=CC1(C)O)[Sn]([CH3])([CH3])[CH3]. The third kappa shape index (κ3) is 5.29. The van der Waals surface area contributed by atoms with Gasteiger partial charge in [-0.1, -0.05) is 0 Å². The number of hydrogen-bond donors (Lipinski definition) is 1. The molecule has 1 aliphatic rings. The van der Waals surface area contributed by atoms with E-state index in [0.29, 0.717) is 5.92 Å². The number of rotatable bonds is 6. The predicted molar refractivity (Wildman–Crippen MR) is 98.6 cm³/mol. The van der Waals surface area contributed by atoms with Gasteiger partial charge in [-0.05, 0) is 0 Å². The van der Waals surface area contributed by atoms with Crippen LogP contribution in [0.3, 0.4) is 0 Å². The monoisotopic (exact) mass is 416 g/mol. The van der Waals surface area contributed by atoms with Crippen LogP contribution in [0.5, 0.6) is 0 Å². The summed E-state index contributed by atoms with van der Waals surface area (Å²) in [6, 6.07) is 0. The average Bonchev–Trinajstić information content (AvgIpc) is 2.36. The molecular formula is C19H36O2Sn. The van der Waals surface area contributed by atoms with Crippen LogP contribution in [0.2, 0.25) is 14.8 Å². The Hall–Kier alpha value is 0.0387. The van der Waals surface area contributed by atoms with Crippen molar-refractivity contribution in [2.45, 2.75) is 74.3 Å². The van der Waals surface area contributed by atoms with Crippen LogP contribution < -0.4 is 0 Å². The molecule has 0 bridgehead atoms. The molecule has 1 N–H and O–H groups in total. The van der Waals surface area contributed by atoms with Crippen LogP contribution in [-0.2, 0) is 4.74 Å². The zero-order valence-corrected chi connectivity index (χ0v) is 18.8. The number of allylic oxidation sites excluding steroid dienone is 3. The van der Waals surface area contributed by atoms with Gasteiger partial charge in [0.2, 0.25) is 0 Å². The Labute approximate surface area is 141 Å². The Morgan fingerprint density at radius 1 is 1.36 bits per heavy atom. The van der Waals surface area contributed by atoms with Crippen LogP contribution in [0.1, 0.15) is 53.9 Å². The third-order valence-corrected chi connectivity index (χ3v) is 12.6. The summed E-state index contributed by atoms with van der Waals surface area (Å²) in [6.07, 6.45) is 7.23. The van der Waals surface area contributed by atoms with Crippen LogP contribution in [0.25, 0.3) is 0 Å². The minimum absolute atomic E-state index is 0.101. The van der Waals surface area contributed by atoms with Gasteiger partial charge < -0.3 is 0 Å². The maximum atomic E-state index is 11.0. The predicted octanol–water partition coefficient (Wildman–Crippen LogP) is 5.31. The van der Waals surface area contributed by atoms with Gasteiger partial charge in [0.05, 0.1) is 0 Å². The molecule has 0 radical (unpaired) electrons. The zero-order valence-electron chi connectivity index (χ0n) is 15.9. The van der Waals surface area contributed by atoms with E-state index in [1.807, 2.05) is 13.0 Å². The summed E-state index contributed by atoms with van der Waals surface area (Å²) in [5, 5.41) is 11.0. The summed E-state index contributed by atoms with van der Waals surface area (Å²) in [4.78, 5) is 7.33. The van der Waals surface area contributed by atoms with Gasteiger partial charge in [-0.15, -0.1) is 0 Å². The van der Waals surface area contributed by atoms with Gasteiger partial charge in [0, 0.05) is 0 Å². The Morgan fingerprint density at radius 3 is 2.41 bits per heavy atom. The van der Waals surface area contributed by atoms with E-state index in [1.54, 1.807) is 3.59 Å². The van der Waals surface area contributed by atoms with Gasteiger partial charge in [-0.3, -0.25) is 0 Å². The quantitative estimate of drug-likeness (QED) is 0.596. The van der Waals surface area contributed by atoms with Gasteiger partial charge in [-0.2, -0.15) is 0 Å².